The van der Waals surface area contributed by atoms with E-state index in [-0.39, 0.29) is 0 Å². The first kappa shape index (κ1) is 21.4. The Morgan fingerprint density at radius 3 is 2.30 bits per heavy atom. The Hall–Kier alpha value is -3.34. The van der Waals surface area contributed by atoms with Crippen molar-refractivity contribution in [2.75, 3.05) is 46.0 Å². The van der Waals surface area contributed by atoms with Gasteiger partial charge in [-0.05, 0) is 30.7 Å². The molecule has 1 heterocycles. The van der Waals surface area contributed by atoms with Crippen molar-refractivity contribution in [3.8, 4) is 23.8 Å². The number of nitrogens with zero attached hydrogens (tertiary/aromatic N) is 2. The normalized spacial score (nSPS) is 10.6. The Kier molecular flexibility index (Phi) is 7.44. The summed E-state index contributed by atoms with van der Waals surface area (Å²) in [6, 6.07) is 9.56. The molecule has 2 aromatic carbocycles. The van der Waals surface area contributed by atoms with E-state index in [0.717, 1.165) is 27.7 Å². The predicted molar refractivity (Wildman–Crippen MR) is 117 cm³/mol. The minimum atomic E-state index is 0.391. The van der Waals surface area contributed by atoms with Crippen molar-refractivity contribution in [2.24, 2.45) is 0 Å². The molecule has 30 heavy (non-hydrogen) atoms. The molecule has 7 nitrogen and oxygen atoms in total. The van der Waals surface area contributed by atoms with Gasteiger partial charge in [0.1, 0.15) is 25.4 Å². The maximum absolute atomic E-state index is 5.87. The SMILES string of the molecule is C#Cc1cc(Nc2ncnc3cc(OCCOC)c(OCCOC)cc23)ccc1C. The molecule has 0 fully saturated rings. The van der Waals surface area contributed by atoms with Crippen molar-refractivity contribution in [3.05, 3.63) is 47.8 Å². The minimum absolute atomic E-state index is 0.391. The Balaban J connectivity index is 1.97. The van der Waals surface area contributed by atoms with E-state index in [1.165, 1.54) is 6.33 Å². The van der Waals surface area contributed by atoms with Gasteiger partial charge in [-0.15, -0.1) is 6.42 Å². The van der Waals surface area contributed by atoms with Gasteiger partial charge >= 0.3 is 0 Å². The molecular formula is C23H25N3O4. The first-order valence-electron chi connectivity index (χ1n) is 9.52. The van der Waals surface area contributed by atoms with Crippen LogP contribution < -0.4 is 14.8 Å². The first-order chi connectivity index (χ1) is 14.7. The molecule has 0 aliphatic carbocycles. The van der Waals surface area contributed by atoms with E-state index < -0.39 is 0 Å². The molecule has 156 valence electrons. The fourth-order valence-corrected chi connectivity index (χ4v) is 2.85. The topological polar surface area (TPSA) is 74.7 Å². The van der Waals surface area contributed by atoms with E-state index in [2.05, 4.69) is 21.2 Å². The maximum Gasteiger partial charge on any atom is 0.163 e. The third-order valence-corrected chi connectivity index (χ3v) is 4.45. The summed E-state index contributed by atoms with van der Waals surface area (Å²) >= 11 is 0. The summed E-state index contributed by atoms with van der Waals surface area (Å²) < 4.78 is 21.8. The minimum Gasteiger partial charge on any atom is -0.487 e. The van der Waals surface area contributed by atoms with Gasteiger partial charge in [-0.1, -0.05) is 12.0 Å². The van der Waals surface area contributed by atoms with E-state index in [4.69, 9.17) is 25.4 Å². The van der Waals surface area contributed by atoms with Crippen molar-refractivity contribution in [3.63, 3.8) is 0 Å². The van der Waals surface area contributed by atoms with E-state index >= 15 is 0 Å². The molecule has 0 aliphatic rings. The number of ether oxygens (including phenoxy) is 4. The monoisotopic (exact) mass is 407 g/mol. The van der Waals surface area contributed by atoms with Crippen LogP contribution in [0.1, 0.15) is 11.1 Å². The molecule has 0 atom stereocenters. The molecule has 0 saturated carbocycles. The molecule has 3 rings (SSSR count). The zero-order chi connectivity index (χ0) is 21.3. The second kappa shape index (κ2) is 10.4. The molecule has 7 heteroatoms. The lowest BCUT2D eigenvalue weighted by molar-refractivity contribution is 0.132. The highest BCUT2D eigenvalue weighted by Gasteiger charge is 2.13. The fraction of sp³-hybridized carbons (Fsp3) is 0.304. The van der Waals surface area contributed by atoms with Crippen LogP contribution in [-0.2, 0) is 9.47 Å². The third-order valence-electron chi connectivity index (χ3n) is 4.45. The number of terminal acetylenes is 1. The third kappa shape index (κ3) is 5.17. The number of fused-ring (bicyclic) bond motifs is 1. The van der Waals surface area contributed by atoms with Gasteiger partial charge in [0.25, 0.3) is 0 Å². The summed E-state index contributed by atoms with van der Waals surface area (Å²) in [6.07, 6.45) is 7.10. The van der Waals surface area contributed by atoms with Gasteiger partial charge in [0, 0.05) is 36.9 Å². The molecule has 0 aliphatic heterocycles. The zero-order valence-corrected chi connectivity index (χ0v) is 17.4. The Morgan fingerprint density at radius 1 is 0.933 bits per heavy atom. The largest absolute Gasteiger partial charge is 0.487 e. The molecular weight excluding hydrogens is 382 g/mol. The summed E-state index contributed by atoms with van der Waals surface area (Å²) in [6.45, 7) is 3.70. The van der Waals surface area contributed by atoms with Gasteiger partial charge in [-0.2, -0.15) is 0 Å². The standard InChI is InChI=1S/C23H25N3O4/c1-5-17-12-18(7-6-16(17)2)26-23-19-13-21(29-10-8-27-3)22(30-11-9-28-4)14-20(19)24-15-25-23/h1,6-7,12-15H,8-11H2,2-4H3,(H,24,25,26). The maximum atomic E-state index is 5.87. The van der Waals surface area contributed by atoms with E-state index in [1.807, 2.05) is 37.3 Å². The van der Waals surface area contributed by atoms with Crippen molar-refractivity contribution in [1.82, 2.24) is 9.97 Å². The number of methoxy groups -OCH3 is 2. The van der Waals surface area contributed by atoms with E-state index in [1.54, 1.807) is 14.2 Å². The number of benzene rings is 2. The summed E-state index contributed by atoms with van der Waals surface area (Å²) in [5.74, 6) is 4.52. The lowest BCUT2D eigenvalue weighted by Crippen LogP contribution is -2.09. The average molecular weight is 407 g/mol. The average Bonchev–Trinajstić information content (AvgIpc) is 2.76. The molecule has 0 radical (unpaired) electrons. The van der Waals surface area contributed by atoms with Crippen LogP contribution >= 0.6 is 0 Å². The summed E-state index contributed by atoms with van der Waals surface area (Å²) in [7, 11) is 3.25. The molecule has 3 aromatic rings. The van der Waals surface area contributed by atoms with Crippen molar-refractivity contribution < 1.29 is 18.9 Å². The number of rotatable bonds is 10. The van der Waals surface area contributed by atoms with Crippen molar-refractivity contribution in [1.29, 1.82) is 0 Å². The van der Waals surface area contributed by atoms with Crippen LogP contribution in [0.3, 0.4) is 0 Å². The Labute approximate surface area is 176 Å². The summed E-state index contributed by atoms with van der Waals surface area (Å²) in [5.41, 5.74) is 3.44. The van der Waals surface area contributed by atoms with Gasteiger partial charge in [0.2, 0.25) is 0 Å². The van der Waals surface area contributed by atoms with Crippen LogP contribution in [0.25, 0.3) is 10.9 Å². The highest BCUT2D eigenvalue weighted by Crippen LogP contribution is 2.35. The van der Waals surface area contributed by atoms with Gasteiger partial charge in [-0.25, -0.2) is 9.97 Å². The summed E-state index contributed by atoms with van der Waals surface area (Å²) in [4.78, 5) is 8.79. The predicted octanol–water partition coefficient (Wildman–Crippen LogP) is 3.71. The number of aromatic nitrogens is 2. The highest BCUT2D eigenvalue weighted by molar-refractivity contribution is 5.93. The number of anilines is 2. The molecule has 0 bridgehead atoms. The van der Waals surface area contributed by atoms with Crippen LogP contribution in [-0.4, -0.2) is 50.6 Å². The molecule has 0 amide bonds. The van der Waals surface area contributed by atoms with E-state index in [9.17, 15) is 0 Å². The summed E-state index contributed by atoms with van der Waals surface area (Å²) in [5, 5.41) is 4.13. The van der Waals surface area contributed by atoms with E-state index in [0.29, 0.717) is 43.7 Å². The van der Waals surface area contributed by atoms with Gasteiger partial charge in [-0.3, -0.25) is 0 Å². The molecule has 1 N–H and O–H groups in total. The fourth-order valence-electron chi connectivity index (χ4n) is 2.85. The molecule has 0 saturated heterocycles. The second-order valence-corrected chi connectivity index (χ2v) is 6.52. The lowest BCUT2D eigenvalue weighted by Gasteiger charge is -2.15. The molecule has 1 aromatic heterocycles. The van der Waals surface area contributed by atoms with Crippen LogP contribution in [0.4, 0.5) is 11.5 Å². The van der Waals surface area contributed by atoms with Crippen LogP contribution in [0.15, 0.2) is 36.7 Å². The van der Waals surface area contributed by atoms with Crippen molar-refractivity contribution >= 4 is 22.4 Å². The molecule has 0 unspecified atom stereocenters. The van der Waals surface area contributed by atoms with Gasteiger partial charge in [0.05, 0.1) is 18.7 Å². The zero-order valence-electron chi connectivity index (χ0n) is 17.4. The number of aryl methyl sites for hydroxylation is 1. The smallest absolute Gasteiger partial charge is 0.163 e. The Morgan fingerprint density at radius 2 is 1.63 bits per heavy atom. The second-order valence-electron chi connectivity index (χ2n) is 6.52. The van der Waals surface area contributed by atoms with Gasteiger partial charge < -0.3 is 24.3 Å². The van der Waals surface area contributed by atoms with Crippen LogP contribution in [0, 0.1) is 19.3 Å². The number of nitrogens with one attached hydrogen (secondary N) is 1. The quantitative estimate of drug-likeness (QED) is 0.406. The molecule has 0 spiro atoms. The highest BCUT2D eigenvalue weighted by atomic mass is 16.5. The van der Waals surface area contributed by atoms with Crippen LogP contribution in [0.5, 0.6) is 11.5 Å². The van der Waals surface area contributed by atoms with Gasteiger partial charge in [0.15, 0.2) is 11.5 Å². The first-order valence-corrected chi connectivity index (χ1v) is 9.52. The lowest BCUT2D eigenvalue weighted by atomic mass is 10.1. The van der Waals surface area contributed by atoms with Crippen LogP contribution in [0.2, 0.25) is 0 Å². The Bertz CT molecular complexity index is 1050. The number of hydrogen-bond donors (Lipinski definition) is 1. The number of hydrogen-bond acceptors (Lipinski definition) is 7. The van der Waals surface area contributed by atoms with Crippen molar-refractivity contribution in [2.45, 2.75) is 6.92 Å².